The van der Waals surface area contributed by atoms with Gasteiger partial charge in [-0.15, -0.1) is 0 Å². The third-order valence-electron chi connectivity index (χ3n) is 13.6. The number of carbonyl (C=O) groups excluding carboxylic acids is 3. The van der Waals surface area contributed by atoms with Crippen molar-refractivity contribution in [3.05, 3.63) is 97.2 Å². The minimum Gasteiger partial charge on any atom is -0.462 e. The molecule has 1 atom stereocenters. The molecule has 0 fully saturated rings. The Hall–Kier alpha value is -3.67. The lowest BCUT2D eigenvalue weighted by Crippen LogP contribution is -2.30. The van der Waals surface area contributed by atoms with Crippen molar-refractivity contribution in [1.82, 2.24) is 0 Å². The quantitative estimate of drug-likeness (QED) is 0.0261. The monoisotopic (exact) mass is 1040 g/mol. The van der Waals surface area contributed by atoms with Gasteiger partial charge in [0.05, 0.1) is 0 Å². The molecule has 0 aromatic carbocycles. The number of hydrogen-bond donors (Lipinski definition) is 0. The Morgan fingerprint density at radius 3 is 0.840 bits per heavy atom. The van der Waals surface area contributed by atoms with Crippen LogP contribution in [0.5, 0.6) is 0 Å². The van der Waals surface area contributed by atoms with Gasteiger partial charge >= 0.3 is 17.9 Å². The van der Waals surface area contributed by atoms with Gasteiger partial charge in [0, 0.05) is 19.3 Å². The molecule has 0 heterocycles. The molecular formula is C69H118O6. The summed E-state index contributed by atoms with van der Waals surface area (Å²) in [5.41, 5.74) is 0. The maximum Gasteiger partial charge on any atom is 0.306 e. The van der Waals surface area contributed by atoms with Crippen LogP contribution in [0.3, 0.4) is 0 Å². The van der Waals surface area contributed by atoms with E-state index in [2.05, 4.69) is 118 Å². The lowest BCUT2D eigenvalue weighted by atomic mass is 10.0. The average Bonchev–Trinajstić information content (AvgIpc) is 3.41. The molecule has 0 spiro atoms. The molecule has 6 heteroatoms. The van der Waals surface area contributed by atoms with Crippen LogP contribution in [0, 0.1) is 0 Å². The van der Waals surface area contributed by atoms with Gasteiger partial charge in [0.1, 0.15) is 13.2 Å². The van der Waals surface area contributed by atoms with Gasteiger partial charge < -0.3 is 14.2 Å². The van der Waals surface area contributed by atoms with E-state index in [0.29, 0.717) is 19.3 Å². The van der Waals surface area contributed by atoms with Crippen molar-refractivity contribution in [2.45, 2.75) is 309 Å². The number of allylic oxidation sites excluding steroid dienone is 16. The summed E-state index contributed by atoms with van der Waals surface area (Å²) in [6.07, 6.45) is 84.3. The van der Waals surface area contributed by atoms with Crippen molar-refractivity contribution in [1.29, 1.82) is 0 Å². The minimum atomic E-state index is -0.797. The molecule has 0 aromatic heterocycles. The summed E-state index contributed by atoms with van der Waals surface area (Å²) in [5.74, 6) is -0.922. The fraction of sp³-hybridized carbons (Fsp3) is 0.725. The third-order valence-corrected chi connectivity index (χ3v) is 13.6. The lowest BCUT2D eigenvalue weighted by molar-refractivity contribution is -0.167. The van der Waals surface area contributed by atoms with Crippen molar-refractivity contribution in [2.24, 2.45) is 0 Å². The average molecular weight is 1040 g/mol. The zero-order valence-electron chi connectivity index (χ0n) is 49.3. The molecule has 0 radical (unpaired) electrons. The molecule has 0 aliphatic carbocycles. The smallest absolute Gasteiger partial charge is 0.306 e. The second-order valence-electron chi connectivity index (χ2n) is 20.9. The maximum atomic E-state index is 12.9. The zero-order chi connectivity index (χ0) is 54.3. The van der Waals surface area contributed by atoms with Gasteiger partial charge in [0.25, 0.3) is 0 Å². The van der Waals surface area contributed by atoms with Gasteiger partial charge in [-0.3, -0.25) is 14.4 Å². The molecule has 1 unspecified atom stereocenters. The Morgan fingerprint density at radius 2 is 0.520 bits per heavy atom. The van der Waals surface area contributed by atoms with Crippen LogP contribution in [0.2, 0.25) is 0 Å². The molecule has 0 saturated carbocycles. The molecule has 0 aromatic rings. The first-order valence-corrected chi connectivity index (χ1v) is 31.7. The van der Waals surface area contributed by atoms with Crippen LogP contribution in [0.1, 0.15) is 303 Å². The number of unbranched alkanes of at least 4 members (excludes halogenated alkanes) is 30. The molecule has 6 nitrogen and oxygen atoms in total. The van der Waals surface area contributed by atoms with E-state index < -0.39 is 6.10 Å². The molecule has 0 rings (SSSR count). The first kappa shape index (κ1) is 71.3. The van der Waals surface area contributed by atoms with E-state index in [9.17, 15) is 14.4 Å². The molecule has 0 aliphatic rings. The number of hydrogen-bond acceptors (Lipinski definition) is 6. The number of ether oxygens (including phenoxy) is 3. The molecular weight excluding hydrogens is 925 g/mol. The summed E-state index contributed by atoms with van der Waals surface area (Å²) < 4.78 is 16.9. The Kier molecular flexibility index (Phi) is 59.8. The van der Waals surface area contributed by atoms with E-state index in [1.807, 2.05) is 0 Å². The second-order valence-corrected chi connectivity index (χ2v) is 20.9. The van der Waals surface area contributed by atoms with Gasteiger partial charge in [-0.05, 0) is 96.3 Å². The first-order chi connectivity index (χ1) is 37.0. The predicted octanol–water partition coefficient (Wildman–Crippen LogP) is 21.7. The maximum absolute atomic E-state index is 12.9. The predicted molar refractivity (Wildman–Crippen MR) is 325 cm³/mol. The van der Waals surface area contributed by atoms with Crippen molar-refractivity contribution in [2.75, 3.05) is 13.2 Å². The van der Waals surface area contributed by atoms with E-state index in [1.165, 1.54) is 154 Å². The Balaban J connectivity index is 4.24. The highest BCUT2D eigenvalue weighted by molar-refractivity contribution is 5.71. The first-order valence-electron chi connectivity index (χ1n) is 31.7. The van der Waals surface area contributed by atoms with Crippen LogP contribution < -0.4 is 0 Å². The van der Waals surface area contributed by atoms with Crippen LogP contribution in [0.25, 0.3) is 0 Å². The van der Waals surface area contributed by atoms with E-state index in [4.69, 9.17) is 14.2 Å². The summed E-state index contributed by atoms with van der Waals surface area (Å²) in [4.78, 5) is 38.2. The number of carbonyl (C=O) groups is 3. The minimum absolute atomic E-state index is 0.0904. The normalized spacial score (nSPS) is 12.7. The Bertz CT molecular complexity index is 1480. The van der Waals surface area contributed by atoms with Crippen LogP contribution in [0.15, 0.2) is 97.2 Å². The van der Waals surface area contributed by atoms with Gasteiger partial charge in [-0.2, -0.15) is 0 Å². The van der Waals surface area contributed by atoms with E-state index in [0.717, 1.165) is 103 Å². The highest BCUT2D eigenvalue weighted by Gasteiger charge is 2.19. The molecule has 0 bridgehead atoms. The summed E-state index contributed by atoms with van der Waals surface area (Å²) in [6.45, 7) is 6.40. The highest BCUT2D eigenvalue weighted by Crippen LogP contribution is 2.17. The zero-order valence-corrected chi connectivity index (χ0v) is 49.3. The standard InChI is InChI=1S/C69H118O6/c1-4-7-10-13-16-19-22-25-27-28-29-30-31-32-33-34-35-36-37-38-39-40-42-44-47-50-53-56-59-62-68(71)74-65-66(64-73-67(70)61-58-55-52-49-46-43-24-21-18-15-12-9-6-3)75-69(72)63-60-57-54-51-48-45-41-26-23-20-17-14-11-8-5-2/h7-8,10-11,16-17,19-20,25-27,29-30,41,48,51,66H,4-6,9,12-15,18,21-24,28,31-40,42-47,49-50,52-65H2,1-3H3/b10-7-,11-8-,19-16-,20-17-,27-25-,30-29-,41-26-,51-48-. The lowest BCUT2D eigenvalue weighted by Gasteiger charge is -2.18. The topological polar surface area (TPSA) is 78.9 Å². The summed E-state index contributed by atoms with van der Waals surface area (Å²) >= 11 is 0. The van der Waals surface area contributed by atoms with Crippen molar-refractivity contribution >= 4 is 17.9 Å². The van der Waals surface area contributed by atoms with Crippen molar-refractivity contribution in [3.63, 3.8) is 0 Å². The molecule has 430 valence electrons. The van der Waals surface area contributed by atoms with Gasteiger partial charge in [-0.25, -0.2) is 0 Å². The van der Waals surface area contributed by atoms with Crippen LogP contribution in [-0.4, -0.2) is 37.2 Å². The Labute approximate surface area is 464 Å². The van der Waals surface area contributed by atoms with E-state index >= 15 is 0 Å². The second kappa shape index (κ2) is 62.9. The highest BCUT2D eigenvalue weighted by atomic mass is 16.6. The Morgan fingerprint density at radius 1 is 0.280 bits per heavy atom. The van der Waals surface area contributed by atoms with Gasteiger partial charge in [-0.1, -0.05) is 285 Å². The molecule has 0 amide bonds. The van der Waals surface area contributed by atoms with Crippen molar-refractivity contribution < 1.29 is 28.6 Å². The summed E-state index contributed by atoms with van der Waals surface area (Å²) in [5, 5.41) is 0. The number of esters is 3. The molecule has 0 saturated heterocycles. The van der Waals surface area contributed by atoms with E-state index in [-0.39, 0.29) is 37.5 Å². The number of rotatable bonds is 57. The molecule has 75 heavy (non-hydrogen) atoms. The van der Waals surface area contributed by atoms with Crippen LogP contribution in [0.4, 0.5) is 0 Å². The van der Waals surface area contributed by atoms with Gasteiger partial charge in [0.2, 0.25) is 0 Å². The largest absolute Gasteiger partial charge is 0.462 e. The molecule has 0 N–H and O–H groups in total. The third kappa shape index (κ3) is 61.1. The SMILES string of the molecule is CC/C=C\C/C=C\C/C=C\C/C=C\CCCCCCCCCCCCCCCCCCC(=O)OCC(COC(=O)CCCCCCCCCCCCCCC)OC(=O)CCCC/C=C\C/C=C\C/C=C\C/C=C\CC. The fourth-order valence-electron chi connectivity index (χ4n) is 8.90. The molecule has 0 aliphatic heterocycles. The van der Waals surface area contributed by atoms with Crippen LogP contribution >= 0.6 is 0 Å². The van der Waals surface area contributed by atoms with Crippen molar-refractivity contribution in [3.8, 4) is 0 Å². The summed E-state index contributed by atoms with van der Waals surface area (Å²) in [7, 11) is 0. The van der Waals surface area contributed by atoms with Crippen LogP contribution in [-0.2, 0) is 28.6 Å². The fourth-order valence-corrected chi connectivity index (χ4v) is 8.90. The summed E-state index contributed by atoms with van der Waals surface area (Å²) in [6, 6.07) is 0. The van der Waals surface area contributed by atoms with Gasteiger partial charge in [0.15, 0.2) is 6.10 Å². The van der Waals surface area contributed by atoms with E-state index in [1.54, 1.807) is 0 Å².